The highest BCUT2D eigenvalue weighted by Crippen LogP contribution is 2.36. The molecule has 0 aromatic heterocycles. The smallest absolute Gasteiger partial charge is 0.142 e. The Hall–Kier alpha value is -0.720. The average molecular weight is 276 g/mol. The molecule has 0 bridgehead atoms. The Balaban J connectivity index is 2.01. The zero-order chi connectivity index (χ0) is 13.8. The Morgan fingerprint density at radius 3 is 2.63 bits per heavy atom. The number of nitrogens with zero attached hydrogens (tertiary/aromatic N) is 1. The number of aliphatic hydroxyl groups is 2. The Kier molecular flexibility index (Phi) is 5.13. The van der Waals surface area contributed by atoms with E-state index in [9.17, 15) is 13.9 Å². The average Bonchev–Trinajstić information content (AvgIpc) is 2.39. The number of allylic oxidation sites excluding steroid dienone is 2. The Labute approximate surface area is 112 Å². The van der Waals surface area contributed by atoms with Crippen molar-refractivity contribution in [3.63, 3.8) is 0 Å². The molecule has 1 saturated heterocycles. The molecule has 0 spiro atoms. The van der Waals surface area contributed by atoms with Gasteiger partial charge in [-0.05, 0) is 18.8 Å². The Morgan fingerprint density at radius 2 is 2.05 bits per heavy atom. The van der Waals surface area contributed by atoms with Gasteiger partial charge in [0.2, 0.25) is 0 Å². The standard InChI is InChI=1S/C13H22F2N2O2/c14-11-6-9(5-10(19)8-18)7-12(15)13(11)17-3-1-16-2-4-17/h9-11,16,18-19H,1-8H2. The normalized spacial score (nSPS) is 30.6. The third-order valence-electron chi connectivity index (χ3n) is 3.86. The Bertz CT molecular complexity index is 333. The zero-order valence-corrected chi connectivity index (χ0v) is 11.0. The van der Waals surface area contributed by atoms with Gasteiger partial charge in [0.1, 0.15) is 12.0 Å². The number of alkyl halides is 1. The first-order valence-electron chi connectivity index (χ1n) is 6.89. The summed E-state index contributed by atoms with van der Waals surface area (Å²) in [6.07, 6.45) is -1.55. The first kappa shape index (κ1) is 14.7. The maximum atomic E-state index is 14.2. The van der Waals surface area contributed by atoms with Crippen molar-refractivity contribution >= 4 is 0 Å². The van der Waals surface area contributed by atoms with Gasteiger partial charge in [0.15, 0.2) is 0 Å². The first-order chi connectivity index (χ1) is 9.11. The quantitative estimate of drug-likeness (QED) is 0.702. The molecule has 4 nitrogen and oxygen atoms in total. The van der Waals surface area contributed by atoms with Crippen LogP contribution in [0.25, 0.3) is 0 Å². The fourth-order valence-corrected chi connectivity index (χ4v) is 2.93. The molecule has 1 aliphatic heterocycles. The summed E-state index contributed by atoms with van der Waals surface area (Å²) in [5, 5.41) is 21.3. The number of hydrogen-bond donors (Lipinski definition) is 3. The maximum absolute atomic E-state index is 14.2. The van der Waals surface area contributed by atoms with Gasteiger partial charge in [-0.2, -0.15) is 0 Å². The third kappa shape index (κ3) is 3.64. The molecule has 19 heavy (non-hydrogen) atoms. The van der Waals surface area contributed by atoms with Crippen LogP contribution in [-0.4, -0.2) is 60.2 Å². The van der Waals surface area contributed by atoms with E-state index in [1.165, 1.54) is 0 Å². The van der Waals surface area contributed by atoms with Crippen molar-refractivity contribution in [3.8, 4) is 0 Å². The van der Waals surface area contributed by atoms with Crippen molar-refractivity contribution in [2.24, 2.45) is 5.92 Å². The van der Waals surface area contributed by atoms with E-state index in [-0.39, 0.29) is 37.5 Å². The van der Waals surface area contributed by atoms with Gasteiger partial charge < -0.3 is 20.4 Å². The predicted octanol–water partition coefficient (Wildman–Crippen LogP) is 0.564. The van der Waals surface area contributed by atoms with Crippen LogP contribution in [0.4, 0.5) is 8.78 Å². The SMILES string of the molecule is OCC(O)CC1CC(F)=C(N2CCNCC2)C(F)C1. The number of aliphatic hydroxyl groups excluding tert-OH is 2. The molecule has 1 fully saturated rings. The van der Waals surface area contributed by atoms with Gasteiger partial charge in [-0.3, -0.25) is 0 Å². The van der Waals surface area contributed by atoms with Crippen LogP contribution in [0.5, 0.6) is 0 Å². The van der Waals surface area contributed by atoms with Crippen LogP contribution >= 0.6 is 0 Å². The molecule has 1 heterocycles. The van der Waals surface area contributed by atoms with Gasteiger partial charge in [-0.15, -0.1) is 0 Å². The summed E-state index contributed by atoms with van der Waals surface area (Å²) in [4.78, 5) is 1.79. The molecule has 1 aliphatic carbocycles. The van der Waals surface area contributed by atoms with Crippen molar-refractivity contribution in [1.29, 1.82) is 0 Å². The highest BCUT2D eigenvalue weighted by atomic mass is 19.1. The molecule has 2 rings (SSSR count). The van der Waals surface area contributed by atoms with E-state index in [4.69, 9.17) is 5.11 Å². The Morgan fingerprint density at radius 1 is 1.37 bits per heavy atom. The summed E-state index contributed by atoms with van der Waals surface area (Å²) in [6.45, 7) is 2.40. The summed E-state index contributed by atoms with van der Waals surface area (Å²) in [5.74, 6) is -0.625. The fourth-order valence-electron chi connectivity index (χ4n) is 2.93. The molecule has 0 amide bonds. The van der Waals surface area contributed by atoms with E-state index in [1.54, 1.807) is 4.90 Å². The highest BCUT2D eigenvalue weighted by Gasteiger charge is 2.34. The minimum absolute atomic E-state index is 0.163. The van der Waals surface area contributed by atoms with Crippen molar-refractivity contribution in [3.05, 3.63) is 11.5 Å². The summed E-state index contributed by atoms with van der Waals surface area (Å²) in [6, 6.07) is 0. The molecule has 0 aromatic rings. The van der Waals surface area contributed by atoms with Crippen LogP contribution in [-0.2, 0) is 0 Å². The van der Waals surface area contributed by atoms with Gasteiger partial charge in [0.05, 0.1) is 18.4 Å². The predicted molar refractivity (Wildman–Crippen MR) is 67.9 cm³/mol. The van der Waals surface area contributed by atoms with Gasteiger partial charge in [0.25, 0.3) is 0 Å². The molecule has 3 atom stereocenters. The van der Waals surface area contributed by atoms with Crippen LogP contribution in [0, 0.1) is 5.92 Å². The van der Waals surface area contributed by atoms with Crippen molar-refractivity contribution in [1.82, 2.24) is 10.2 Å². The minimum Gasteiger partial charge on any atom is -0.394 e. The number of halogens is 2. The largest absolute Gasteiger partial charge is 0.394 e. The molecule has 0 saturated carbocycles. The molecule has 110 valence electrons. The first-order valence-corrected chi connectivity index (χ1v) is 6.89. The van der Waals surface area contributed by atoms with E-state index < -0.39 is 18.1 Å². The highest BCUT2D eigenvalue weighted by molar-refractivity contribution is 5.17. The zero-order valence-electron chi connectivity index (χ0n) is 11.0. The lowest BCUT2D eigenvalue weighted by Gasteiger charge is -2.37. The van der Waals surface area contributed by atoms with Gasteiger partial charge in [-0.25, -0.2) is 8.78 Å². The van der Waals surface area contributed by atoms with Crippen LogP contribution < -0.4 is 5.32 Å². The number of hydrogen-bond acceptors (Lipinski definition) is 4. The van der Waals surface area contributed by atoms with Crippen molar-refractivity contribution < 1.29 is 19.0 Å². The second kappa shape index (κ2) is 6.63. The fraction of sp³-hybridized carbons (Fsp3) is 0.846. The summed E-state index contributed by atoms with van der Waals surface area (Å²) in [7, 11) is 0. The van der Waals surface area contributed by atoms with E-state index in [1.807, 2.05) is 0 Å². The second-order valence-corrected chi connectivity index (χ2v) is 5.37. The van der Waals surface area contributed by atoms with Crippen LogP contribution in [0.3, 0.4) is 0 Å². The van der Waals surface area contributed by atoms with E-state index in [2.05, 4.69) is 5.32 Å². The van der Waals surface area contributed by atoms with Crippen molar-refractivity contribution in [2.45, 2.75) is 31.5 Å². The van der Waals surface area contributed by atoms with E-state index >= 15 is 0 Å². The van der Waals surface area contributed by atoms with Gasteiger partial charge >= 0.3 is 0 Å². The molecule has 3 N–H and O–H groups in total. The lowest BCUT2D eigenvalue weighted by molar-refractivity contribution is 0.0633. The van der Waals surface area contributed by atoms with E-state index in [0.29, 0.717) is 13.1 Å². The number of nitrogens with one attached hydrogen (secondary N) is 1. The third-order valence-corrected chi connectivity index (χ3v) is 3.86. The molecule has 0 aromatic carbocycles. The molecule has 2 aliphatic rings. The summed E-state index contributed by atoms with van der Waals surface area (Å²) in [5.41, 5.74) is 0.205. The minimum atomic E-state index is -1.30. The maximum Gasteiger partial charge on any atom is 0.142 e. The lowest BCUT2D eigenvalue weighted by Crippen LogP contribution is -2.46. The van der Waals surface area contributed by atoms with E-state index in [0.717, 1.165) is 13.1 Å². The molecular weight excluding hydrogens is 254 g/mol. The summed E-state index contributed by atoms with van der Waals surface area (Å²) < 4.78 is 28.3. The van der Waals surface area contributed by atoms with Crippen LogP contribution in [0.1, 0.15) is 19.3 Å². The number of piperazine rings is 1. The molecular formula is C13H22F2N2O2. The topological polar surface area (TPSA) is 55.7 Å². The number of rotatable bonds is 4. The van der Waals surface area contributed by atoms with Gasteiger partial charge in [-0.1, -0.05) is 0 Å². The summed E-state index contributed by atoms with van der Waals surface area (Å²) >= 11 is 0. The van der Waals surface area contributed by atoms with Crippen LogP contribution in [0.2, 0.25) is 0 Å². The molecule has 3 unspecified atom stereocenters. The lowest BCUT2D eigenvalue weighted by atomic mass is 9.85. The molecule has 0 radical (unpaired) electrons. The van der Waals surface area contributed by atoms with Crippen LogP contribution in [0.15, 0.2) is 11.5 Å². The van der Waals surface area contributed by atoms with Crippen molar-refractivity contribution in [2.75, 3.05) is 32.8 Å². The van der Waals surface area contributed by atoms with Gasteiger partial charge in [0, 0.05) is 32.6 Å². The molecule has 6 heteroatoms. The second-order valence-electron chi connectivity index (χ2n) is 5.37. The monoisotopic (exact) mass is 276 g/mol.